The van der Waals surface area contributed by atoms with Crippen molar-refractivity contribution in [2.24, 2.45) is 29.1 Å². The van der Waals surface area contributed by atoms with Crippen molar-refractivity contribution in [3.8, 4) is 0 Å². The summed E-state index contributed by atoms with van der Waals surface area (Å²) >= 11 is 0. The van der Waals surface area contributed by atoms with Gasteiger partial charge in [-0.05, 0) is 85.8 Å². The molecule has 4 fully saturated rings. The first kappa shape index (κ1) is 26.1. The van der Waals surface area contributed by atoms with Crippen LogP contribution in [0.1, 0.15) is 76.6 Å². The summed E-state index contributed by atoms with van der Waals surface area (Å²) in [5.74, 6) is 1.76. The molecule has 0 heterocycles. The van der Waals surface area contributed by atoms with E-state index in [9.17, 15) is 18.0 Å². The standard InChI is InChI=1S/C27H41N3O4S/c1-5-30(6-2)35(33,34)23-9-7-8-22(13-23)25(31)29-24(18(3)4)26(32)28-17-27-14-19-10-20(15-27)12-21(11-19)16-27/h7-9,13,18-21,24H,5-6,10-12,14-17H2,1-4H3,(H,28,32)(H,29,31)/t19?,20?,21?,24-,27?/m0/s1. The minimum atomic E-state index is -3.68. The summed E-state index contributed by atoms with van der Waals surface area (Å²) in [6.45, 7) is 8.79. The van der Waals surface area contributed by atoms with Gasteiger partial charge in [-0.2, -0.15) is 4.31 Å². The number of amides is 2. The Kier molecular flexibility index (Phi) is 7.62. The van der Waals surface area contributed by atoms with Crippen LogP contribution in [0.2, 0.25) is 0 Å². The summed E-state index contributed by atoms with van der Waals surface area (Å²) in [6, 6.07) is 5.37. The molecule has 0 unspecified atom stereocenters. The highest BCUT2D eigenvalue weighted by Gasteiger charge is 2.50. The minimum absolute atomic E-state index is 0.0845. The fraction of sp³-hybridized carbons (Fsp3) is 0.704. The predicted molar refractivity (Wildman–Crippen MR) is 136 cm³/mol. The second-order valence-electron chi connectivity index (χ2n) is 11.4. The van der Waals surface area contributed by atoms with Gasteiger partial charge in [0.25, 0.3) is 5.91 Å². The van der Waals surface area contributed by atoms with Crippen LogP contribution in [0.25, 0.3) is 0 Å². The van der Waals surface area contributed by atoms with Crippen molar-refractivity contribution < 1.29 is 18.0 Å². The Morgan fingerprint density at radius 1 is 1.03 bits per heavy atom. The maximum absolute atomic E-state index is 13.2. The molecule has 0 aromatic heterocycles. The van der Waals surface area contributed by atoms with E-state index in [4.69, 9.17) is 0 Å². The van der Waals surface area contributed by atoms with Crippen LogP contribution in [-0.4, -0.2) is 50.2 Å². The van der Waals surface area contributed by atoms with Crippen LogP contribution in [0.5, 0.6) is 0 Å². The molecule has 0 spiro atoms. The maximum atomic E-state index is 13.2. The lowest BCUT2D eigenvalue weighted by molar-refractivity contribution is -0.126. The molecule has 0 radical (unpaired) electrons. The smallest absolute Gasteiger partial charge is 0.251 e. The molecule has 5 rings (SSSR count). The second kappa shape index (κ2) is 10.2. The van der Waals surface area contributed by atoms with Crippen molar-refractivity contribution in [1.82, 2.24) is 14.9 Å². The molecule has 8 heteroatoms. The number of hydrogen-bond donors (Lipinski definition) is 2. The fourth-order valence-electron chi connectivity index (χ4n) is 7.16. The topological polar surface area (TPSA) is 95.6 Å². The molecule has 4 aliphatic rings. The molecule has 1 aromatic rings. The number of hydrogen-bond acceptors (Lipinski definition) is 4. The number of sulfonamides is 1. The van der Waals surface area contributed by atoms with Crippen LogP contribution in [0.15, 0.2) is 29.2 Å². The van der Waals surface area contributed by atoms with E-state index in [2.05, 4.69) is 10.6 Å². The molecular formula is C27H41N3O4S. The van der Waals surface area contributed by atoms with E-state index in [0.717, 1.165) is 17.8 Å². The Labute approximate surface area is 210 Å². The highest BCUT2D eigenvalue weighted by atomic mass is 32.2. The van der Waals surface area contributed by atoms with E-state index >= 15 is 0 Å². The van der Waals surface area contributed by atoms with Gasteiger partial charge in [-0.15, -0.1) is 0 Å². The largest absolute Gasteiger partial charge is 0.354 e. The summed E-state index contributed by atoms with van der Waals surface area (Å²) in [7, 11) is -3.68. The van der Waals surface area contributed by atoms with Crippen LogP contribution in [0.3, 0.4) is 0 Å². The van der Waals surface area contributed by atoms with Crippen LogP contribution < -0.4 is 10.6 Å². The quantitative estimate of drug-likeness (QED) is 0.508. The van der Waals surface area contributed by atoms with Crippen molar-refractivity contribution in [1.29, 1.82) is 0 Å². The van der Waals surface area contributed by atoms with Crippen LogP contribution >= 0.6 is 0 Å². The summed E-state index contributed by atoms with van der Waals surface area (Å²) in [5, 5.41) is 6.06. The van der Waals surface area contributed by atoms with E-state index < -0.39 is 22.0 Å². The average Bonchev–Trinajstić information content (AvgIpc) is 2.80. The van der Waals surface area contributed by atoms with E-state index in [1.807, 2.05) is 13.8 Å². The second-order valence-corrected chi connectivity index (χ2v) is 13.4. The molecule has 2 N–H and O–H groups in total. The zero-order chi connectivity index (χ0) is 25.4. The lowest BCUT2D eigenvalue weighted by Crippen LogP contribution is -2.55. The van der Waals surface area contributed by atoms with E-state index in [1.54, 1.807) is 26.0 Å². The van der Waals surface area contributed by atoms with E-state index in [1.165, 1.54) is 55.0 Å². The van der Waals surface area contributed by atoms with Gasteiger partial charge < -0.3 is 10.6 Å². The van der Waals surface area contributed by atoms with Gasteiger partial charge >= 0.3 is 0 Å². The first-order chi connectivity index (χ1) is 16.6. The molecule has 4 aliphatic carbocycles. The van der Waals surface area contributed by atoms with E-state index in [0.29, 0.717) is 19.6 Å². The van der Waals surface area contributed by atoms with Crippen molar-refractivity contribution >= 4 is 21.8 Å². The van der Waals surface area contributed by atoms with Crippen LogP contribution in [0.4, 0.5) is 0 Å². The third kappa shape index (κ3) is 5.43. The Bertz CT molecular complexity index is 1010. The number of nitrogens with zero attached hydrogens (tertiary/aromatic N) is 1. The van der Waals surface area contributed by atoms with Gasteiger partial charge in [-0.25, -0.2) is 8.42 Å². The number of benzene rings is 1. The monoisotopic (exact) mass is 503 g/mol. The van der Waals surface area contributed by atoms with Crippen molar-refractivity contribution in [3.05, 3.63) is 29.8 Å². The predicted octanol–water partition coefficient (Wildman–Crippen LogP) is 3.80. The van der Waals surface area contributed by atoms with Gasteiger partial charge in [0, 0.05) is 25.2 Å². The lowest BCUT2D eigenvalue weighted by atomic mass is 9.49. The van der Waals surface area contributed by atoms with Crippen LogP contribution in [-0.2, 0) is 14.8 Å². The Morgan fingerprint density at radius 2 is 1.60 bits per heavy atom. The van der Waals surface area contributed by atoms with Gasteiger partial charge in [-0.1, -0.05) is 33.8 Å². The molecule has 1 atom stereocenters. The lowest BCUT2D eigenvalue weighted by Gasteiger charge is -2.57. The summed E-state index contributed by atoms with van der Waals surface area (Å²) in [6.07, 6.45) is 7.73. The zero-order valence-electron chi connectivity index (χ0n) is 21.5. The molecule has 194 valence electrons. The third-order valence-electron chi connectivity index (χ3n) is 8.48. The molecule has 4 bridgehead atoms. The third-order valence-corrected chi connectivity index (χ3v) is 10.5. The fourth-order valence-corrected chi connectivity index (χ4v) is 8.67. The van der Waals surface area contributed by atoms with Crippen molar-refractivity contribution in [2.75, 3.05) is 19.6 Å². The zero-order valence-corrected chi connectivity index (χ0v) is 22.4. The number of nitrogens with one attached hydrogen (secondary N) is 2. The normalized spacial score (nSPS) is 28.3. The summed E-state index contributed by atoms with van der Waals surface area (Å²) in [5.41, 5.74) is 0.459. The Morgan fingerprint density at radius 3 is 2.11 bits per heavy atom. The molecule has 1 aromatic carbocycles. The molecule has 4 saturated carbocycles. The van der Waals surface area contributed by atoms with Crippen molar-refractivity contribution in [3.63, 3.8) is 0 Å². The van der Waals surface area contributed by atoms with Crippen molar-refractivity contribution in [2.45, 2.75) is 77.2 Å². The van der Waals surface area contributed by atoms with E-state index in [-0.39, 0.29) is 27.7 Å². The number of carbonyl (C=O) groups excluding carboxylic acids is 2. The highest BCUT2D eigenvalue weighted by Crippen LogP contribution is 2.59. The van der Waals surface area contributed by atoms with Gasteiger partial charge in [0.2, 0.25) is 15.9 Å². The van der Waals surface area contributed by atoms with Gasteiger partial charge in [-0.3, -0.25) is 9.59 Å². The summed E-state index contributed by atoms with van der Waals surface area (Å²) in [4.78, 5) is 26.4. The molecule has 0 aliphatic heterocycles. The van der Waals surface area contributed by atoms with Gasteiger partial charge in [0.15, 0.2) is 0 Å². The molecular weight excluding hydrogens is 462 g/mol. The minimum Gasteiger partial charge on any atom is -0.354 e. The number of rotatable bonds is 10. The first-order valence-electron chi connectivity index (χ1n) is 13.3. The molecule has 7 nitrogen and oxygen atoms in total. The van der Waals surface area contributed by atoms with Gasteiger partial charge in [0.1, 0.15) is 6.04 Å². The van der Waals surface area contributed by atoms with Crippen LogP contribution in [0, 0.1) is 29.1 Å². The molecule has 2 amide bonds. The maximum Gasteiger partial charge on any atom is 0.251 e. The first-order valence-corrected chi connectivity index (χ1v) is 14.7. The Hall–Kier alpha value is -1.93. The Balaban J connectivity index is 1.42. The SMILES string of the molecule is CCN(CC)S(=O)(=O)c1cccc(C(=O)N[C@H](C(=O)NCC23CC4CC(CC(C4)C2)C3)C(C)C)c1. The average molecular weight is 504 g/mol. The highest BCUT2D eigenvalue weighted by molar-refractivity contribution is 7.89. The molecule has 35 heavy (non-hydrogen) atoms. The summed E-state index contributed by atoms with van der Waals surface area (Å²) < 4.78 is 27.1. The number of carbonyl (C=O) groups is 2. The molecule has 0 saturated heterocycles. The van der Waals surface area contributed by atoms with Gasteiger partial charge in [0.05, 0.1) is 4.90 Å².